The van der Waals surface area contributed by atoms with Crippen LogP contribution in [0.1, 0.15) is 31.7 Å². The smallest absolute Gasteiger partial charge is 0.246 e. The molecule has 0 aliphatic carbocycles. The normalized spacial score (nSPS) is 17.0. The Labute approximate surface area is 206 Å². The molecule has 0 saturated carbocycles. The number of methoxy groups -OCH3 is 1. The molecule has 4 rings (SSSR count). The van der Waals surface area contributed by atoms with Crippen molar-refractivity contribution < 1.29 is 17.9 Å². The summed E-state index contributed by atoms with van der Waals surface area (Å²) in [4.78, 5) is 15.0. The van der Waals surface area contributed by atoms with E-state index in [-0.39, 0.29) is 23.5 Å². The molecule has 1 amide bonds. The zero-order valence-corrected chi connectivity index (χ0v) is 20.9. The maximum absolute atomic E-state index is 13.2. The Balaban J connectivity index is 1.65. The fraction of sp³-hybridized carbons (Fsp3) is 0.333. The quantitative estimate of drug-likeness (QED) is 0.413. The average molecular weight is 494 g/mol. The van der Waals surface area contributed by atoms with Gasteiger partial charge in [0.1, 0.15) is 5.75 Å². The number of nitrogens with zero attached hydrogens (tertiary/aromatic N) is 3. The van der Waals surface area contributed by atoms with Crippen molar-refractivity contribution in [1.29, 1.82) is 0 Å². The molecule has 1 saturated heterocycles. The average Bonchev–Trinajstić information content (AvgIpc) is 3.46. The molecule has 1 fully saturated rings. The fourth-order valence-electron chi connectivity index (χ4n) is 4.27. The van der Waals surface area contributed by atoms with E-state index in [1.54, 1.807) is 28.8 Å². The summed E-state index contributed by atoms with van der Waals surface area (Å²) in [6.45, 7) is 2.61. The van der Waals surface area contributed by atoms with Crippen LogP contribution in [0.2, 0.25) is 0 Å². The molecule has 1 aliphatic heterocycles. The van der Waals surface area contributed by atoms with Gasteiger partial charge >= 0.3 is 0 Å². The maximum Gasteiger partial charge on any atom is 0.246 e. The number of sulfone groups is 1. The number of benzene rings is 2. The van der Waals surface area contributed by atoms with Crippen LogP contribution in [0.3, 0.4) is 0 Å². The summed E-state index contributed by atoms with van der Waals surface area (Å²) in [6, 6.07) is 17.1. The van der Waals surface area contributed by atoms with Gasteiger partial charge in [0, 0.05) is 36.0 Å². The van der Waals surface area contributed by atoms with Crippen LogP contribution in [0, 0.1) is 0 Å². The topological polar surface area (TPSA) is 81.5 Å². The Kier molecular flexibility index (Phi) is 7.70. The zero-order valence-electron chi connectivity index (χ0n) is 20.1. The molecule has 35 heavy (non-hydrogen) atoms. The minimum Gasteiger partial charge on any atom is -0.497 e. The summed E-state index contributed by atoms with van der Waals surface area (Å²) >= 11 is 0. The van der Waals surface area contributed by atoms with Gasteiger partial charge in [-0.15, -0.1) is 0 Å². The zero-order chi connectivity index (χ0) is 24.8. The second-order valence-electron chi connectivity index (χ2n) is 8.72. The predicted molar refractivity (Wildman–Crippen MR) is 138 cm³/mol. The van der Waals surface area contributed by atoms with Crippen LogP contribution in [-0.4, -0.2) is 60.2 Å². The Morgan fingerprint density at radius 2 is 1.91 bits per heavy atom. The standard InChI is InChI=1S/C27H31N3O4S/c1-3-4-17-29(24-16-18-35(32,33)20-24)26(31)15-12-22-19-30(23-8-6-5-7-9-23)28-27(22)21-10-13-25(34-2)14-11-21/h5-15,19,24H,3-4,16-18,20H2,1-2H3/b15-12+. The monoisotopic (exact) mass is 493 g/mol. The number of amides is 1. The Bertz CT molecular complexity index is 1280. The Hall–Kier alpha value is -3.39. The molecule has 1 atom stereocenters. The van der Waals surface area contributed by atoms with Crippen molar-refractivity contribution in [3.8, 4) is 22.7 Å². The summed E-state index contributed by atoms with van der Waals surface area (Å²) in [5.41, 5.74) is 3.34. The van der Waals surface area contributed by atoms with Gasteiger partial charge in [0.15, 0.2) is 9.84 Å². The summed E-state index contributed by atoms with van der Waals surface area (Å²) in [5, 5.41) is 4.80. The van der Waals surface area contributed by atoms with Gasteiger partial charge in [-0.25, -0.2) is 13.1 Å². The lowest BCUT2D eigenvalue weighted by atomic mass is 10.1. The van der Waals surface area contributed by atoms with E-state index in [0.717, 1.165) is 41.1 Å². The van der Waals surface area contributed by atoms with Crippen molar-refractivity contribution in [1.82, 2.24) is 14.7 Å². The molecule has 2 heterocycles. The number of rotatable bonds is 9. The van der Waals surface area contributed by atoms with Gasteiger partial charge in [-0.3, -0.25) is 4.79 Å². The molecule has 0 bridgehead atoms. The number of aromatic nitrogens is 2. The van der Waals surface area contributed by atoms with Crippen LogP contribution < -0.4 is 4.74 Å². The first kappa shape index (κ1) is 24.7. The van der Waals surface area contributed by atoms with E-state index in [1.807, 2.05) is 60.8 Å². The number of ether oxygens (including phenoxy) is 1. The molecule has 0 N–H and O–H groups in total. The third kappa shape index (κ3) is 6.00. The Morgan fingerprint density at radius 3 is 2.54 bits per heavy atom. The van der Waals surface area contributed by atoms with E-state index in [0.29, 0.717) is 13.0 Å². The van der Waals surface area contributed by atoms with Crippen molar-refractivity contribution in [3.63, 3.8) is 0 Å². The molecule has 7 nitrogen and oxygen atoms in total. The van der Waals surface area contributed by atoms with Gasteiger partial charge < -0.3 is 9.64 Å². The molecule has 0 radical (unpaired) electrons. The first-order chi connectivity index (χ1) is 16.9. The Morgan fingerprint density at radius 1 is 1.17 bits per heavy atom. The number of carbonyl (C=O) groups excluding carboxylic acids is 1. The van der Waals surface area contributed by atoms with Gasteiger partial charge in [-0.05, 0) is 55.3 Å². The minimum atomic E-state index is -3.08. The van der Waals surface area contributed by atoms with Crippen LogP contribution in [-0.2, 0) is 14.6 Å². The van der Waals surface area contributed by atoms with Gasteiger partial charge in [-0.1, -0.05) is 31.5 Å². The van der Waals surface area contributed by atoms with Gasteiger partial charge in [-0.2, -0.15) is 5.10 Å². The fourth-order valence-corrected chi connectivity index (χ4v) is 6.01. The lowest BCUT2D eigenvalue weighted by Crippen LogP contribution is -2.40. The van der Waals surface area contributed by atoms with Crippen LogP contribution in [0.4, 0.5) is 0 Å². The van der Waals surface area contributed by atoms with E-state index in [2.05, 4.69) is 6.92 Å². The molecular formula is C27H31N3O4S. The van der Waals surface area contributed by atoms with Crippen LogP contribution in [0.5, 0.6) is 5.75 Å². The summed E-state index contributed by atoms with van der Waals surface area (Å²) in [5.74, 6) is 0.762. The van der Waals surface area contributed by atoms with E-state index in [1.165, 1.54) is 0 Å². The maximum atomic E-state index is 13.2. The highest BCUT2D eigenvalue weighted by Crippen LogP contribution is 2.27. The van der Waals surface area contributed by atoms with Crippen LogP contribution in [0.25, 0.3) is 23.0 Å². The molecule has 184 valence electrons. The summed E-state index contributed by atoms with van der Waals surface area (Å²) in [6.07, 6.45) is 7.47. The van der Waals surface area contributed by atoms with Crippen LogP contribution in [0.15, 0.2) is 66.9 Å². The van der Waals surface area contributed by atoms with Crippen molar-refractivity contribution >= 4 is 21.8 Å². The largest absolute Gasteiger partial charge is 0.497 e. The van der Waals surface area contributed by atoms with Crippen molar-refractivity contribution in [2.24, 2.45) is 0 Å². The lowest BCUT2D eigenvalue weighted by molar-refractivity contribution is -0.127. The molecule has 1 unspecified atom stereocenters. The van der Waals surface area contributed by atoms with Gasteiger partial charge in [0.2, 0.25) is 5.91 Å². The highest BCUT2D eigenvalue weighted by molar-refractivity contribution is 7.91. The molecular weight excluding hydrogens is 462 g/mol. The summed E-state index contributed by atoms with van der Waals surface area (Å²) < 4.78 is 31.1. The first-order valence-electron chi connectivity index (χ1n) is 11.9. The third-order valence-corrected chi connectivity index (χ3v) is 7.97. The number of hydrogen-bond acceptors (Lipinski definition) is 5. The second kappa shape index (κ2) is 10.9. The molecule has 8 heteroatoms. The predicted octanol–water partition coefficient (Wildman–Crippen LogP) is 4.38. The molecule has 2 aromatic carbocycles. The van der Waals surface area contributed by atoms with E-state index in [9.17, 15) is 13.2 Å². The van der Waals surface area contributed by atoms with E-state index >= 15 is 0 Å². The van der Waals surface area contributed by atoms with E-state index < -0.39 is 9.84 Å². The number of carbonyl (C=O) groups is 1. The second-order valence-corrected chi connectivity index (χ2v) is 10.9. The van der Waals surface area contributed by atoms with Crippen LogP contribution >= 0.6 is 0 Å². The molecule has 1 aromatic heterocycles. The first-order valence-corrected chi connectivity index (χ1v) is 13.7. The highest BCUT2D eigenvalue weighted by Gasteiger charge is 2.33. The SMILES string of the molecule is CCCCN(C(=O)/C=C/c1cn(-c2ccccc2)nc1-c1ccc(OC)cc1)C1CCS(=O)(=O)C1. The lowest BCUT2D eigenvalue weighted by Gasteiger charge is -2.27. The van der Waals surface area contributed by atoms with Gasteiger partial charge in [0.25, 0.3) is 0 Å². The summed E-state index contributed by atoms with van der Waals surface area (Å²) in [7, 11) is -1.46. The van der Waals surface area contributed by atoms with Crippen molar-refractivity contribution in [3.05, 3.63) is 72.4 Å². The van der Waals surface area contributed by atoms with Gasteiger partial charge in [0.05, 0.1) is 30.0 Å². The number of unbranched alkanes of at least 4 members (excludes halogenated alkanes) is 1. The number of para-hydroxylation sites is 1. The van der Waals surface area contributed by atoms with Crippen molar-refractivity contribution in [2.75, 3.05) is 25.2 Å². The molecule has 3 aromatic rings. The molecule has 0 spiro atoms. The minimum absolute atomic E-state index is 0.0410. The highest BCUT2D eigenvalue weighted by atomic mass is 32.2. The van der Waals surface area contributed by atoms with E-state index in [4.69, 9.17) is 9.84 Å². The molecule has 1 aliphatic rings. The third-order valence-electron chi connectivity index (χ3n) is 6.22. The van der Waals surface area contributed by atoms with Crippen molar-refractivity contribution in [2.45, 2.75) is 32.2 Å². The number of hydrogen-bond donors (Lipinski definition) is 0.